The Balaban J connectivity index is 1.96. The molecule has 0 aliphatic carbocycles. The molecule has 0 saturated heterocycles. The van der Waals surface area contributed by atoms with Crippen LogP contribution in [0.5, 0.6) is 5.75 Å². The van der Waals surface area contributed by atoms with Gasteiger partial charge in [-0.1, -0.05) is 68.5 Å². The number of amides is 4. The Morgan fingerprint density at radius 2 is 1.67 bits per heavy atom. The van der Waals surface area contributed by atoms with Gasteiger partial charge in [0, 0.05) is 12.8 Å². The van der Waals surface area contributed by atoms with Gasteiger partial charge in [0.2, 0.25) is 23.6 Å². The molecule has 45 heavy (non-hydrogen) atoms. The largest absolute Gasteiger partial charge is 0.490 e. The third-order valence-corrected chi connectivity index (χ3v) is 7.22. The zero-order valence-electron chi connectivity index (χ0n) is 25.8. The second kappa shape index (κ2) is 17.0. The Morgan fingerprint density at radius 1 is 0.978 bits per heavy atom. The van der Waals surface area contributed by atoms with E-state index in [2.05, 4.69) is 21.3 Å². The minimum atomic E-state index is -1.23. The van der Waals surface area contributed by atoms with Crippen LogP contribution in [-0.4, -0.2) is 71.5 Å². The molecule has 0 spiro atoms. The van der Waals surface area contributed by atoms with Crippen LogP contribution >= 0.6 is 0 Å². The highest BCUT2D eigenvalue weighted by Crippen LogP contribution is 2.15. The topological polar surface area (TPSA) is 189 Å². The van der Waals surface area contributed by atoms with Gasteiger partial charge in [0.1, 0.15) is 36.5 Å². The van der Waals surface area contributed by atoms with Crippen LogP contribution in [0, 0.1) is 5.92 Å². The van der Waals surface area contributed by atoms with Crippen molar-refractivity contribution in [2.24, 2.45) is 11.7 Å². The quantitative estimate of drug-likeness (QED) is 0.225. The van der Waals surface area contributed by atoms with Crippen molar-refractivity contribution >= 4 is 29.6 Å². The lowest BCUT2D eigenvalue weighted by Crippen LogP contribution is -2.59. The van der Waals surface area contributed by atoms with Crippen LogP contribution in [0.1, 0.15) is 44.7 Å². The van der Waals surface area contributed by atoms with Crippen molar-refractivity contribution in [1.29, 1.82) is 0 Å². The first-order valence-electron chi connectivity index (χ1n) is 15.0. The van der Waals surface area contributed by atoms with Crippen molar-refractivity contribution in [3.63, 3.8) is 0 Å². The summed E-state index contributed by atoms with van der Waals surface area (Å²) in [6, 6.07) is 10.6. The fourth-order valence-electron chi connectivity index (χ4n) is 4.72. The summed E-state index contributed by atoms with van der Waals surface area (Å²) in [6.45, 7) is 5.39. The molecule has 2 aromatic rings. The van der Waals surface area contributed by atoms with E-state index in [1.807, 2.05) is 19.9 Å². The highest BCUT2D eigenvalue weighted by molar-refractivity contribution is 5.95. The molecule has 0 fully saturated rings. The molecule has 4 amide bonds. The van der Waals surface area contributed by atoms with Gasteiger partial charge in [0.05, 0.1) is 6.04 Å². The number of aliphatic carboxylic acids is 1. The molecule has 2 aromatic carbocycles. The molecule has 0 unspecified atom stereocenters. The molecule has 0 radical (unpaired) electrons. The maximum absolute atomic E-state index is 13.8. The number of ether oxygens (including phenoxy) is 1. The summed E-state index contributed by atoms with van der Waals surface area (Å²) in [5.41, 5.74) is 7.52. The average Bonchev–Trinajstić information content (AvgIpc) is 3.00. The number of fused-ring (bicyclic) bond motifs is 13. The second-order valence-electron chi connectivity index (χ2n) is 11.5. The predicted molar refractivity (Wildman–Crippen MR) is 168 cm³/mol. The van der Waals surface area contributed by atoms with Crippen LogP contribution < -0.4 is 31.7 Å². The molecule has 12 heteroatoms. The number of carbonyl (C=O) groups excluding carboxylic acids is 4. The predicted octanol–water partition coefficient (Wildman–Crippen LogP) is 1.23. The first-order chi connectivity index (χ1) is 21.4. The zero-order valence-corrected chi connectivity index (χ0v) is 25.8. The van der Waals surface area contributed by atoms with E-state index in [0.29, 0.717) is 17.7 Å². The lowest BCUT2D eigenvalue weighted by Gasteiger charge is -2.26. The normalized spacial score (nSPS) is 21.3. The number of nitrogens with two attached hydrogens (primary N) is 1. The maximum atomic E-state index is 13.8. The second-order valence-corrected chi connectivity index (χ2v) is 11.5. The summed E-state index contributed by atoms with van der Waals surface area (Å²) >= 11 is 0. The van der Waals surface area contributed by atoms with E-state index in [9.17, 15) is 29.1 Å². The summed E-state index contributed by atoms with van der Waals surface area (Å²) in [5.74, 6) is -2.97. The van der Waals surface area contributed by atoms with Gasteiger partial charge in [-0.2, -0.15) is 0 Å². The lowest BCUT2D eigenvalue weighted by atomic mass is 10.0. The fourth-order valence-corrected chi connectivity index (χ4v) is 4.72. The molecule has 2 aliphatic rings. The molecule has 2 bridgehead atoms. The van der Waals surface area contributed by atoms with Gasteiger partial charge in [0.25, 0.3) is 0 Å². The molecule has 2 aliphatic heterocycles. The number of rotatable bonds is 9. The van der Waals surface area contributed by atoms with Crippen molar-refractivity contribution in [3.8, 4) is 5.75 Å². The van der Waals surface area contributed by atoms with E-state index >= 15 is 0 Å². The molecular formula is C33H43N5O7. The van der Waals surface area contributed by atoms with Crippen LogP contribution in [0.2, 0.25) is 0 Å². The Morgan fingerprint density at radius 3 is 2.31 bits per heavy atom. The molecule has 7 N–H and O–H groups in total. The number of hydrogen-bond acceptors (Lipinski definition) is 7. The van der Waals surface area contributed by atoms with E-state index in [1.165, 1.54) is 6.92 Å². The number of benzene rings is 2. The highest BCUT2D eigenvalue weighted by Gasteiger charge is 2.31. The summed E-state index contributed by atoms with van der Waals surface area (Å²) in [4.78, 5) is 65.0. The number of hydrogen-bond donors (Lipinski definition) is 6. The number of carboxylic acid groups (broad SMARTS) is 1. The number of carbonyl (C=O) groups is 5. The van der Waals surface area contributed by atoms with Crippen molar-refractivity contribution < 1.29 is 33.8 Å². The standard InChI is InChI=1S/C33H43N5O7/c1-20(2)17-25(34)29(39)36-26-11-7-8-16-45-24-14-12-23(13-15-24)19-27(31(41)35-21(3)33(43)44)38-32(42)28(37-30(26)40)18-22-9-5-4-6-10-22/h4-10,12-15,20-21,25-28H,11,16-19,34H2,1-3H3,(H,35,41)(H,36,39)(H,37,40)(H,38,42)(H,43,44)/b8-7+/t21-,25-,26-,27-,28-/m0/s1. The molecule has 2 heterocycles. The van der Waals surface area contributed by atoms with Gasteiger partial charge >= 0.3 is 5.97 Å². The van der Waals surface area contributed by atoms with Gasteiger partial charge in [-0.05, 0) is 48.9 Å². The molecule has 4 rings (SSSR count). The maximum Gasteiger partial charge on any atom is 0.325 e. The minimum absolute atomic E-state index is 0.0442. The number of nitrogens with one attached hydrogen (secondary N) is 4. The molecule has 12 nitrogen and oxygen atoms in total. The van der Waals surface area contributed by atoms with Gasteiger partial charge < -0.3 is 36.8 Å². The van der Waals surface area contributed by atoms with Crippen LogP contribution in [0.15, 0.2) is 66.7 Å². The Bertz CT molecular complexity index is 1350. The first kappa shape index (κ1) is 34.8. The summed E-state index contributed by atoms with van der Waals surface area (Å²) in [7, 11) is 0. The van der Waals surface area contributed by atoms with E-state index < -0.39 is 59.8 Å². The molecule has 242 valence electrons. The van der Waals surface area contributed by atoms with E-state index in [4.69, 9.17) is 10.5 Å². The Hall–Kier alpha value is -4.71. The smallest absolute Gasteiger partial charge is 0.325 e. The van der Waals surface area contributed by atoms with Gasteiger partial charge in [-0.15, -0.1) is 0 Å². The third-order valence-electron chi connectivity index (χ3n) is 7.22. The Kier molecular flexibility index (Phi) is 13.1. The van der Waals surface area contributed by atoms with Gasteiger partial charge in [0.15, 0.2) is 0 Å². The summed E-state index contributed by atoms with van der Waals surface area (Å²) < 4.78 is 5.75. The monoisotopic (exact) mass is 621 g/mol. The minimum Gasteiger partial charge on any atom is -0.490 e. The van der Waals surface area contributed by atoms with Crippen LogP contribution in [-0.2, 0) is 36.8 Å². The van der Waals surface area contributed by atoms with Crippen molar-refractivity contribution in [2.75, 3.05) is 6.61 Å². The highest BCUT2D eigenvalue weighted by atomic mass is 16.5. The molecular weight excluding hydrogens is 578 g/mol. The Labute approximate surface area is 263 Å². The van der Waals surface area contributed by atoms with Crippen LogP contribution in [0.4, 0.5) is 0 Å². The van der Waals surface area contributed by atoms with E-state index in [0.717, 1.165) is 5.56 Å². The average molecular weight is 622 g/mol. The SMILES string of the molecule is CC(C)C[C@H](N)C(=O)N[C@H]1C/C=C/COc2ccc(cc2)C[C@@H](C(=O)N[C@@H](C)C(=O)O)NC(=O)[C@H](Cc2ccccc2)NC1=O. The molecule has 0 aromatic heterocycles. The van der Waals surface area contributed by atoms with E-state index in [1.54, 1.807) is 60.7 Å². The zero-order chi connectivity index (χ0) is 32.9. The molecule has 5 atom stereocenters. The van der Waals surface area contributed by atoms with Crippen LogP contribution in [0.3, 0.4) is 0 Å². The fraction of sp³-hybridized carbons (Fsp3) is 0.424. The first-order valence-corrected chi connectivity index (χ1v) is 15.0. The van der Waals surface area contributed by atoms with Crippen molar-refractivity contribution in [3.05, 3.63) is 77.9 Å². The van der Waals surface area contributed by atoms with Gasteiger partial charge in [-0.3, -0.25) is 24.0 Å². The van der Waals surface area contributed by atoms with Crippen molar-refractivity contribution in [2.45, 2.75) is 76.7 Å². The summed E-state index contributed by atoms with van der Waals surface area (Å²) in [6.07, 6.45) is 4.09. The lowest BCUT2D eigenvalue weighted by molar-refractivity contribution is -0.141. The van der Waals surface area contributed by atoms with Crippen molar-refractivity contribution in [1.82, 2.24) is 21.3 Å². The van der Waals surface area contributed by atoms with E-state index in [-0.39, 0.29) is 31.8 Å². The molecule has 0 saturated carbocycles. The summed E-state index contributed by atoms with van der Waals surface area (Å²) in [5, 5.41) is 19.9. The van der Waals surface area contributed by atoms with Gasteiger partial charge in [-0.25, -0.2) is 0 Å². The number of carboxylic acids is 1. The van der Waals surface area contributed by atoms with Crippen LogP contribution in [0.25, 0.3) is 0 Å². The third kappa shape index (κ3) is 11.4.